The van der Waals surface area contributed by atoms with Crippen LogP contribution in [0.5, 0.6) is 5.75 Å². The number of ketones is 1. The first-order chi connectivity index (χ1) is 12.7. The van der Waals surface area contributed by atoms with Crippen molar-refractivity contribution in [1.82, 2.24) is 0 Å². The second-order valence-corrected chi connectivity index (χ2v) is 6.05. The lowest BCUT2D eigenvalue weighted by atomic mass is 10.1. The monoisotopic (exact) mass is 447 g/mol. The number of carbonyl (C=O) groups is 3. The summed E-state index contributed by atoms with van der Waals surface area (Å²) < 4.78 is 71.1. The summed E-state index contributed by atoms with van der Waals surface area (Å²) in [5.41, 5.74) is 0. The minimum Gasteiger partial charge on any atom is -0.466 e. The van der Waals surface area contributed by atoms with Crippen molar-refractivity contribution < 1.29 is 45.9 Å². The van der Waals surface area contributed by atoms with E-state index >= 15 is 0 Å². The van der Waals surface area contributed by atoms with E-state index in [1.807, 2.05) is 0 Å². The first-order valence-electron chi connectivity index (χ1n) is 6.78. The summed E-state index contributed by atoms with van der Waals surface area (Å²) >= 11 is 0. The number of esters is 1. The van der Waals surface area contributed by atoms with E-state index in [1.165, 1.54) is 0 Å². The molecule has 0 saturated heterocycles. The van der Waals surface area contributed by atoms with Crippen molar-refractivity contribution in [2.24, 2.45) is 4.74 Å². The van der Waals surface area contributed by atoms with Crippen LogP contribution in [0.1, 0.15) is 6.42 Å². The minimum atomic E-state index is -2.35. The predicted molar refractivity (Wildman–Crippen MR) is 91.0 cm³/mol. The summed E-state index contributed by atoms with van der Waals surface area (Å²) in [6.07, 6.45) is -2.98. The maximum Gasteiger partial charge on any atom is 0.355 e. The number of nitrogens with zero attached hydrogens (tertiary/aromatic N) is 1. The Labute approximate surface area is 156 Å². The van der Waals surface area contributed by atoms with Gasteiger partial charge in [-0.25, -0.2) is 13.6 Å². The molecule has 0 heterocycles. The Morgan fingerprint density at radius 3 is 2.19 bits per heavy atom. The van der Waals surface area contributed by atoms with Crippen LogP contribution in [0.2, 0.25) is 0 Å². The first-order valence-corrected chi connectivity index (χ1v) is 9.72. The number of carbonyl (C=O) groups excluding carboxylic acids is 3. The molecular formula is C13H12F4NO6P3. The zero-order valence-electron chi connectivity index (χ0n) is 13.4. The summed E-state index contributed by atoms with van der Waals surface area (Å²) in [5, 5.41) is 0. The molecule has 0 aromatic heterocycles. The van der Waals surface area contributed by atoms with E-state index in [1.54, 1.807) is 9.47 Å². The van der Waals surface area contributed by atoms with E-state index in [0.29, 0.717) is 0 Å². The fourth-order valence-electron chi connectivity index (χ4n) is 1.76. The predicted octanol–water partition coefficient (Wildman–Crippen LogP) is 2.74. The highest BCUT2D eigenvalue weighted by atomic mass is 32.0. The van der Waals surface area contributed by atoms with Gasteiger partial charge in [-0.15, -0.1) is 0 Å². The highest BCUT2D eigenvalue weighted by Gasteiger charge is 2.38. The molecule has 0 bridgehead atoms. The molecule has 0 aliphatic rings. The molecule has 7 nitrogen and oxygen atoms in total. The number of halogens is 4. The molecule has 27 heavy (non-hydrogen) atoms. The number of hydrogen-bond donors (Lipinski definition) is 0. The Morgan fingerprint density at radius 2 is 1.74 bits per heavy atom. The molecule has 14 heteroatoms. The average Bonchev–Trinajstić information content (AvgIpc) is 2.65. The third-order valence-electron chi connectivity index (χ3n) is 3.01. The van der Waals surface area contributed by atoms with Gasteiger partial charge in [-0.05, 0) is 0 Å². The summed E-state index contributed by atoms with van der Waals surface area (Å²) in [5.74, 6) is -12.7. The van der Waals surface area contributed by atoms with Crippen LogP contribution in [0.15, 0.2) is 10.8 Å². The molecule has 0 fully saturated rings. The summed E-state index contributed by atoms with van der Waals surface area (Å²) in [7, 11) is 4.77. The van der Waals surface area contributed by atoms with Crippen LogP contribution in [0.3, 0.4) is 0 Å². The van der Waals surface area contributed by atoms with Gasteiger partial charge in [0.1, 0.15) is 6.04 Å². The quantitative estimate of drug-likeness (QED) is 0.200. The summed E-state index contributed by atoms with van der Waals surface area (Å²) in [6, 6.07) is -1.60. The van der Waals surface area contributed by atoms with E-state index in [-0.39, 0.29) is 14.1 Å². The molecular weight excluding hydrogens is 435 g/mol. The Kier molecular flexibility index (Phi) is 9.16. The first kappa shape index (κ1) is 23.3. The van der Waals surface area contributed by atoms with Crippen LogP contribution in [-0.4, -0.2) is 37.0 Å². The topological polar surface area (TPSA) is 91.3 Å². The molecule has 4 atom stereocenters. The molecule has 0 radical (unpaired) electrons. The zero-order valence-corrected chi connectivity index (χ0v) is 16.7. The standard InChI is InChI=1S/C13H12F4NO6P3/c1-22-13(21)12(10(20)6(18-27-26)3-7(19)24-25)23-11-8(16)4(14)2-5(15)9(11)17/h2,6,12H,3,25-26H2,1H3/t6-,12?/m0/s1. The SMILES string of the molecule is COC(=O)C(Oc1c(F)c(F)cc(F)c1F)C(=O)[C@H](CC(=O)OP)N=PP. The van der Waals surface area contributed by atoms with Gasteiger partial charge in [0, 0.05) is 14.1 Å². The third kappa shape index (κ3) is 5.89. The maximum atomic E-state index is 13.8. The van der Waals surface area contributed by atoms with Crippen LogP contribution in [0.25, 0.3) is 0 Å². The summed E-state index contributed by atoms with van der Waals surface area (Å²) in [6.45, 7) is 0. The Balaban J connectivity index is 3.33. The Hall–Kier alpha value is -1.69. The van der Waals surface area contributed by atoms with Crippen molar-refractivity contribution in [1.29, 1.82) is 0 Å². The van der Waals surface area contributed by atoms with Gasteiger partial charge in [-0.2, -0.15) is 8.78 Å². The fourth-order valence-corrected chi connectivity index (χ4v) is 2.70. The van der Waals surface area contributed by atoms with Gasteiger partial charge < -0.3 is 14.0 Å². The lowest BCUT2D eigenvalue weighted by Gasteiger charge is -2.19. The maximum absolute atomic E-state index is 13.8. The molecule has 0 spiro atoms. The average molecular weight is 447 g/mol. The van der Waals surface area contributed by atoms with Crippen LogP contribution in [-0.2, 0) is 23.6 Å². The van der Waals surface area contributed by atoms with Crippen LogP contribution in [0, 0.1) is 23.3 Å². The molecule has 3 unspecified atom stereocenters. The molecule has 1 rings (SSSR count). The number of benzene rings is 1. The van der Waals surface area contributed by atoms with Gasteiger partial charge in [-0.1, -0.05) is 8.93 Å². The van der Waals surface area contributed by atoms with Crippen LogP contribution < -0.4 is 4.74 Å². The van der Waals surface area contributed by atoms with Crippen molar-refractivity contribution in [3.63, 3.8) is 0 Å². The van der Waals surface area contributed by atoms with Crippen LogP contribution >= 0.6 is 26.5 Å². The van der Waals surface area contributed by atoms with Crippen molar-refractivity contribution >= 4 is 44.2 Å². The van der Waals surface area contributed by atoms with Gasteiger partial charge in [0.15, 0.2) is 17.4 Å². The number of Topliss-reactive ketones (excluding diaryl/α,β-unsaturated/α-hetero) is 1. The number of hydrogen-bond acceptors (Lipinski definition) is 7. The number of ether oxygens (including phenoxy) is 2. The van der Waals surface area contributed by atoms with Gasteiger partial charge in [-0.3, -0.25) is 14.3 Å². The largest absolute Gasteiger partial charge is 0.466 e. The highest BCUT2D eigenvalue weighted by molar-refractivity contribution is 7.97. The zero-order chi connectivity index (χ0) is 20.7. The van der Waals surface area contributed by atoms with Crippen molar-refractivity contribution in [3.8, 4) is 5.75 Å². The van der Waals surface area contributed by atoms with Crippen molar-refractivity contribution in [2.75, 3.05) is 7.11 Å². The molecule has 1 aromatic rings. The highest BCUT2D eigenvalue weighted by Crippen LogP contribution is 2.28. The van der Waals surface area contributed by atoms with E-state index in [0.717, 1.165) is 7.11 Å². The molecule has 0 aliphatic heterocycles. The van der Waals surface area contributed by atoms with Gasteiger partial charge >= 0.3 is 11.9 Å². The van der Waals surface area contributed by atoms with Crippen molar-refractivity contribution in [3.05, 3.63) is 29.3 Å². The van der Waals surface area contributed by atoms with E-state index in [4.69, 9.17) is 0 Å². The minimum absolute atomic E-state index is 0.0766. The lowest BCUT2D eigenvalue weighted by Crippen LogP contribution is -2.43. The molecule has 0 N–H and O–H groups in total. The van der Waals surface area contributed by atoms with Gasteiger partial charge in [0.05, 0.1) is 23.0 Å². The molecule has 0 saturated carbocycles. The Bertz CT molecular complexity index is 753. The second-order valence-electron chi connectivity index (χ2n) is 4.66. The third-order valence-corrected chi connectivity index (χ3v) is 4.08. The molecule has 0 aliphatic carbocycles. The van der Waals surface area contributed by atoms with E-state index < -0.39 is 65.3 Å². The normalized spacial score (nSPS) is 13.1. The molecule has 148 valence electrons. The summed E-state index contributed by atoms with van der Waals surface area (Å²) in [4.78, 5) is 35.7. The molecule has 0 amide bonds. The lowest BCUT2D eigenvalue weighted by molar-refractivity contribution is -0.154. The smallest absolute Gasteiger partial charge is 0.355 e. The number of methoxy groups -OCH3 is 1. The molecule has 1 aromatic carbocycles. The van der Waals surface area contributed by atoms with Gasteiger partial charge in [0.2, 0.25) is 17.4 Å². The van der Waals surface area contributed by atoms with Crippen molar-refractivity contribution in [2.45, 2.75) is 18.6 Å². The van der Waals surface area contributed by atoms with Crippen LogP contribution in [0.4, 0.5) is 17.6 Å². The van der Waals surface area contributed by atoms with Gasteiger partial charge in [0.25, 0.3) is 6.10 Å². The fraction of sp³-hybridized carbons (Fsp3) is 0.308. The van der Waals surface area contributed by atoms with E-state index in [2.05, 4.69) is 27.7 Å². The Morgan fingerprint density at radius 1 is 1.19 bits per heavy atom. The number of rotatable bonds is 8. The van der Waals surface area contributed by atoms with E-state index in [9.17, 15) is 31.9 Å². The second kappa shape index (κ2) is 10.6.